The maximum atomic E-state index is 12.5. The Bertz CT molecular complexity index is 1170. The van der Waals surface area contributed by atoms with Crippen LogP contribution in [0.15, 0.2) is 48.5 Å². The molecule has 1 amide bonds. The number of hydrogen-bond donors (Lipinski definition) is 0. The third-order valence-corrected chi connectivity index (χ3v) is 5.70. The number of rotatable bonds is 5. The third kappa shape index (κ3) is 5.46. The molecule has 2 heterocycles. The van der Waals surface area contributed by atoms with E-state index >= 15 is 0 Å². The molecule has 0 aliphatic carbocycles. The molecule has 1 aromatic heterocycles. The SMILES string of the molecule is CC(C)(C)OC(=O)N1CCC[C@@H](COc2nc3ccccc3n2Cc2ccccc2C#N)C1. The highest BCUT2D eigenvalue weighted by atomic mass is 16.6. The van der Waals surface area contributed by atoms with Gasteiger partial charge in [-0.05, 0) is 57.4 Å². The van der Waals surface area contributed by atoms with Gasteiger partial charge >= 0.3 is 6.09 Å². The quantitative estimate of drug-likeness (QED) is 0.552. The summed E-state index contributed by atoms with van der Waals surface area (Å²) in [5.41, 5.74) is 2.86. The van der Waals surface area contributed by atoms with Gasteiger partial charge in [0.2, 0.25) is 0 Å². The molecule has 0 N–H and O–H groups in total. The van der Waals surface area contributed by atoms with E-state index in [1.165, 1.54) is 0 Å². The van der Waals surface area contributed by atoms with E-state index in [0.29, 0.717) is 37.8 Å². The fourth-order valence-electron chi connectivity index (χ4n) is 4.14. The number of aromatic nitrogens is 2. The number of hydrogen-bond acceptors (Lipinski definition) is 5. The van der Waals surface area contributed by atoms with Gasteiger partial charge in [-0.25, -0.2) is 4.79 Å². The molecule has 0 radical (unpaired) electrons. The maximum absolute atomic E-state index is 12.5. The summed E-state index contributed by atoms with van der Waals surface area (Å²) in [6, 6.07) is 18.3. The lowest BCUT2D eigenvalue weighted by Crippen LogP contribution is -2.44. The van der Waals surface area contributed by atoms with Crippen molar-refractivity contribution in [3.05, 3.63) is 59.7 Å². The minimum atomic E-state index is -0.509. The van der Waals surface area contributed by atoms with Crippen LogP contribution >= 0.6 is 0 Å². The lowest BCUT2D eigenvalue weighted by atomic mass is 9.99. The molecule has 33 heavy (non-hydrogen) atoms. The van der Waals surface area contributed by atoms with Crippen LogP contribution in [-0.4, -0.2) is 45.8 Å². The topological polar surface area (TPSA) is 80.4 Å². The van der Waals surface area contributed by atoms with Gasteiger partial charge in [-0.1, -0.05) is 30.3 Å². The molecule has 1 atom stereocenters. The highest BCUT2D eigenvalue weighted by Crippen LogP contribution is 2.26. The Morgan fingerprint density at radius 1 is 1.18 bits per heavy atom. The van der Waals surface area contributed by atoms with Crippen molar-refractivity contribution in [2.24, 2.45) is 5.92 Å². The van der Waals surface area contributed by atoms with Gasteiger partial charge in [0.25, 0.3) is 6.01 Å². The molecule has 0 unspecified atom stereocenters. The average molecular weight is 447 g/mol. The van der Waals surface area contributed by atoms with Gasteiger partial charge in [0.15, 0.2) is 0 Å². The molecule has 7 heteroatoms. The molecule has 0 saturated carbocycles. The maximum Gasteiger partial charge on any atom is 0.410 e. The monoisotopic (exact) mass is 446 g/mol. The van der Waals surface area contributed by atoms with Crippen molar-refractivity contribution >= 4 is 17.1 Å². The van der Waals surface area contributed by atoms with Crippen molar-refractivity contribution in [1.82, 2.24) is 14.5 Å². The van der Waals surface area contributed by atoms with Crippen LogP contribution in [0.1, 0.15) is 44.7 Å². The average Bonchev–Trinajstić information content (AvgIpc) is 3.14. The van der Waals surface area contributed by atoms with Crippen molar-refractivity contribution in [2.75, 3.05) is 19.7 Å². The predicted octanol–water partition coefficient (Wildman–Crippen LogP) is 4.98. The first kappa shape index (κ1) is 22.7. The van der Waals surface area contributed by atoms with Gasteiger partial charge in [0, 0.05) is 19.0 Å². The minimum absolute atomic E-state index is 0.200. The van der Waals surface area contributed by atoms with Crippen LogP contribution in [0.3, 0.4) is 0 Å². The molecule has 7 nitrogen and oxygen atoms in total. The highest BCUT2D eigenvalue weighted by Gasteiger charge is 2.28. The van der Waals surface area contributed by atoms with Crippen LogP contribution in [0.5, 0.6) is 6.01 Å². The van der Waals surface area contributed by atoms with Gasteiger partial charge in [-0.2, -0.15) is 10.2 Å². The molecule has 2 aromatic carbocycles. The Labute approximate surface area is 194 Å². The number of fused-ring (bicyclic) bond motifs is 1. The highest BCUT2D eigenvalue weighted by molar-refractivity contribution is 5.76. The molecule has 1 aliphatic heterocycles. The van der Waals surface area contributed by atoms with Gasteiger partial charge in [-0.3, -0.25) is 4.57 Å². The van der Waals surface area contributed by atoms with Gasteiger partial charge in [-0.15, -0.1) is 0 Å². The second kappa shape index (κ2) is 9.53. The van der Waals surface area contributed by atoms with Gasteiger partial charge < -0.3 is 14.4 Å². The molecular formula is C26H30N4O3. The van der Waals surface area contributed by atoms with Crippen LogP contribution in [0.4, 0.5) is 4.79 Å². The number of benzene rings is 2. The van der Waals surface area contributed by atoms with Crippen LogP contribution in [0, 0.1) is 17.2 Å². The first-order chi connectivity index (χ1) is 15.8. The Morgan fingerprint density at radius 2 is 1.94 bits per heavy atom. The first-order valence-electron chi connectivity index (χ1n) is 11.4. The summed E-state index contributed by atoms with van der Waals surface area (Å²) in [5.74, 6) is 0.200. The number of para-hydroxylation sites is 2. The van der Waals surface area contributed by atoms with Crippen LogP contribution in [0.25, 0.3) is 11.0 Å². The molecule has 1 fully saturated rings. The van der Waals surface area contributed by atoms with Crippen molar-refractivity contribution in [2.45, 2.75) is 45.8 Å². The van der Waals surface area contributed by atoms with Crippen molar-refractivity contribution in [3.8, 4) is 12.1 Å². The smallest absolute Gasteiger partial charge is 0.410 e. The number of carbonyl (C=O) groups is 1. The summed E-state index contributed by atoms with van der Waals surface area (Å²) < 4.78 is 13.8. The predicted molar refractivity (Wildman–Crippen MR) is 126 cm³/mol. The Balaban J connectivity index is 1.50. The molecule has 1 aliphatic rings. The third-order valence-electron chi connectivity index (χ3n) is 5.70. The van der Waals surface area contributed by atoms with E-state index in [4.69, 9.17) is 14.5 Å². The number of ether oxygens (including phenoxy) is 2. The number of nitrogens with zero attached hydrogens (tertiary/aromatic N) is 4. The fraction of sp³-hybridized carbons (Fsp3) is 0.423. The fourth-order valence-corrected chi connectivity index (χ4v) is 4.14. The molecule has 172 valence electrons. The zero-order valence-corrected chi connectivity index (χ0v) is 19.5. The molecule has 0 bridgehead atoms. The second-order valence-electron chi connectivity index (χ2n) is 9.48. The molecule has 1 saturated heterocycles. The number of nitriles is 1. The summed E-state index contributed by atoms with van der Waals surface area (Å²) in [7, 11) is 0. The van der Waals surface area contributed by atoms with Crippen LogP contribution in [0.2, 0.25) is 0 Å². The summed E-state index contributed by atoms with van der Waals surface area (Å²) in [5, 5.41) is 9.49. The van der Waals surface area contributed by atoms with Crippen molar-refractivity contribution in [1.29, 1.82) is 5.26 Å². The van der Waals surface area contributed by atoms with E-state index in [9.17, 15) is 10.1 Å². The summed E-state index contributed by atoms with van der Waals surface area (Å²) in [4.78, 5) is 19.0. The normalized spacial score (nSPS) is 16.4. The van der Waals surface area contributed by atoms with E-state index in [1.807, 2.05) is 73.9 Å². The number of amides is 1. The zero-order chi connectivity index (χ0) is 23.4. The van der Waals surface area contributed by atoms with E-state index < -0.39 is 5.60 Å². The lowest BCUT2D eigenvalue weighted by molar-refractivity contribution is 0.0136. The summed E-state index contributed by atoms with van der Waals surface area (Å²) in [6.07, 6.45) is 1.63. The van der Waals surface area contributed by atoms with Crippen molar-refractivity contribution in [3.63, 3.8) is 0 Å². The number of piperidine rings is 1. The van der Waals surface area contributed by atoms with Gasteiger partial charge in [0.1, 0.15) is 5.60 Å². The number of carbonyl (C=O) groups excluding carboxylic acids is 1. The summed E-state index contributed by atoms with van der Waals surface area (Å²) >= 11 is 0. The largest absolute Gasteiger partial charge is 0.464 e. The van der Waals surface area contributed by atoms with Gasteiger partial charge in [0.05, 0.1) is 35.8 Å². The molecular weight excluding hydrogens is 416 g/mol. The van der Waals surface area contributed by atoms with E-state index in [-0.39, 0.29) is 12.0 Å². The minimum Gasteiger partial charge on any atom is -0.464 e. The lowest BCUT2D eigenvalue weighted by Gasteiger charge is -2.33. The van der Waals surface area contributed by atoms with Crippen LogP contribution < -0.4 is 4.74 Å². The molecule has 0 spiro atoms. The summed E-state index contributed by atoms with van der Waals surface area (Å²) in [6.45, 7) is 7.90. The second-order valence-corrected chi connectivity index (χ2v) is 9.48. The standard InChI is InChI=1S/C26H30N4O3/c1-26(2,3)33-25(31)29-14-8-9-19(16-29)18-32-24-28-22-12-6-7-13-23(22)30(24)17-21-11-5-4-10-20(21)15-27/h4-7,10-13,19H,8-9,14,16-18H2,1-3H3/t19-/m1/s1. The molecule has 4 rings (SSSR count). The molecule has 3 aromatic rings. The van der Waals surface area contributed by atoms with Crippen LogP contribution in [-0.2, 0) is 11.3 Å². The Hall–Kier alpha value is -3.53. The zero-order valence-electron chi connectivity index (χ0n) is 19.5. The van der Waals surface area contributed by atoms with E-state index in [2.05, 4.69) is 6.07 Å². The van der Waals surface area contributed by atoms with E-state index in [0.717, 1.165) is 29.4 Å². The Morgan fingerprint density at radius 3 is 2.73 bits per heavy atom. The number of imidazole rings is 1. The first-order valence-corrected chi connectivity index (χ1v) is 11.4. The van der Waals surface area contributed by atoms with E-state index in [1.54, 1.807) is 4.90 Å². The Kier molecular flexibility index (Phi) is 6.55. The van der Waals surface area contributed by atoms with Crippen molar-refractivity contribution < 1.29 is 14.3 Å². The number of likely N-dealkylation sites (tertiary alicyclic amines) is 1.